The van der Waals surface area contributed by atoms with Crippen LogP contribution in [0.1, 0.15) is 78.1 Å². The van der Waals surface area contributed by atoms with Gasteiger partial charge in [0.05, 0.1) is 30.2 Å². The molecule has 1 aromatic carbocycles. The van der Waals surface area contributed by atoms with E-state index in [0.29, 0.717) is 37.4 Å². The molecule has 1 saturated heterocycles. The highest BCUT2D eigenvalue weighted by Crippen LogP contribution is 2.32. The van der Waals surface area contributed by atoms with Crippen LogP contribution in [0.15, 0.2) is 30.3 Å². The number of fused-ring (bicyclic) bond motifs is 1. The third kappa shape index (κ3) is 4.31. The van der Waals surface area contributed by atoms with Gasteiger partial charge < -0.3 is 14.2 Å². The van der Waals surface area contributed by atoms with Gasteiger partial charge >= 0.3 is 0 Å². The van der Waals surface area contributed by atoms with E-state index in [-0.39, 0.29) is 35.4 Å². The molecule has 0 radical (unpaired) electrons. The van der Waals surface area contributed by atoms with Gasteiger partial charge in [0.1, 0.15) is 5.82 Å². The molecular weight excluding hydrogens is 395 g/mol. The van der Waals surface area contributed by atoms with Gasteiger partial charge in [0, 0.05) is 25.6 Å². The average molecular weight is 427 g/mol. The number of aromatic nitrogens is 1. The number of hydrogen-bond acceptors (Lipinski definition) is 3. The minimum atomic E-state index is -0.280. The fraction of sp³-hybridized carbons (Fsp3) is 0.520. The first kappa shape index (κ1) is 21.8. The lowest BCUT2D eigenvalue weighted by Gasteiger charge is -2.24. The predicted octanol–water partition coefficient (Wildman–Crippen LogP) is 4.79. The van der Waals surface area contributed by atoms with E-state index in [1.807, 2.05) is 9.47 Å². The summed E-state index contributed by atoms with van der Waals surface area (Å²) in [4.78, 5) is 28.6. The van der Waals surface area contributed by atoms with Gasteiger partial charge in [-0.05, 0) is 55.4 Å². The Morgan fingerprint density at radius 1 is 1.19 bits per heavy atom. The van der Waals surface area contributed by atoms with E-state index in [2.05, 4.69) is 20.8 Å². The van der Waals surface area contributed by atoms with Gasteiger partial charge in [-0.15, -0.1) is 0 Å². The van der Waals surface area contributed by atoms with Crippen LogP contribution in [-0.4, -0.2) is 40.4 Å². The molecule has 6 heteroatoms. The van der Waals surface area contributed by atoms with Crippen molar-refractivity contribution < 1.29 is 18.7 Å². The summed E-state index contributed by atoms with van der Waals surface area (Å²) < 4.78 is 21.0. The minimum absolute atomic E-state index is 0.00255. The first-order valence-corrected chi connectivity index (χ1v) is 11.3. The Kier molecular flexibility index (Phi) is 6.28. The van der Waals surface area contributed by atoms with Crippen molar-refractivity contribution in [1.82, 2.24) is 9.47 Å². The van der Waals surface area contributed by atoms with Crippen LogP contribution >= 0.6 is 0 Å². The number of carbonyl (C=O) groups is 2. The lowest BCUT2D eigenvalue weighted by atomic mass is 9.84. The van der Waals surface area contributed by atoms with Gasteiger partial charge in [-0.1, -0.05) is 26.0 Å². The highest BCUT2D eigenvalue weighted by atomic mass is 19.1. The Morgan fingerprint density at radius 3 is 2.58 bits per heavy atom. The quantitative estimate of drug-likeness (QED) is 0.624. The maximum absolute atomic E-state index is 13.4. The van der Waals surface area contributed by atoms with Crippen LogP contribution in [0.4, 0.5) is 4.39 Å². The molecule has 1 amide bonds. The van der Waals surface area contributed by atoms with E-state index in [0.717, 1.165) is 30.6 Å². The molecule has 166 valence electrons. The summed E-state index contributed by atoms with van der Waals surface area (Å²) in [5.41, 5.74) is 2.95. The van der Waals surface area contributed by atoms with E-state index in [1.165, 1.54) is 12.1 Å². The summed E-state index contributed by atoms with van der Waals surface area (Å²) in [5.74, 6) is -0.0635. The number of amides is 1. The Hall–Kier alpha value is -2.47. The molecule has 5 nitrogen and oxygen atoms in total. The van der Waals surface area contributed by atoms with Gasteiger partial charge in [-0.3, -0.25) is 9.59 Å². The molecule has 2 atom stereocenters. The van der Waals surface area contributed by atoms with Gasteiger partial charge in [-0.25, -0.2) is 4.39 Å². The fourth-order valence-electron chi connectivity index (χ4n) is 4.88. The van der Waals surface area contributed by atoms with E-state index in [9.17, 15) is 14.0 Å². The lowest BCUT2D eigenvalue weighted by Crippen LogP contribution is -2.34. The van der Waals surface area contributed by atoms with Crippen LogP contribution in [-0.2, 0) is 17.9 Å². The topological polar surface area (TPSA) is 51.5 Å². The first-order chi connectivity index (χ1) is 14.9. The van der Waals surface area contributed by atoms with E-state index < -0.39 is 0 Å². The summed E-state index contributed by atoms with van der Waals surface area (Å²) in [6.45, 7) is 8.44. The van der Waals surface area contributed by atoms with Crippen molar-refractivity contribution in [2.75, 3.05) is 13.2 Å². The Balaban J connectivity index is 1.63. The SMILES string of the molecule is CC(C)[C@@H](CC(=O)c1cc(C(=O)N2CCC[C@@H]2C)c2n1CCOC2)c1ccc(F)cc1. The Morgan fingerprint density at radius 2 is 1.94 bits per heavy atom. The molecule has 2 aliphatic heterocycles. The highest BCUT2D eigenvalue weighted by molar-refractivity contribution is 6.01. The fourth-order valence-corrected chi connectivity index (χ4v) is 4.88. The van der Waals surface area contributed by atoms with Crippen molar-refractivity contribution in [2.24, 2.45) is 5.92 Å². The third-order valence-electron chi connectivity index (χ3n) is 6.74. The number of benzene rings is 1. The number of likely N-dealkylation sites (tertiary alicyclic amines) is 1. The summed E-state index contributed by atoms with van der Waals surface area (Å²) >= 11 is 0. The number of ketones is 1. The molecule has 0 unspecified atom stereocenters. The first-order valence-electron chi connectivity index (χ1n) is 11.3. The second kappa shape index (κ2) is 8.95. The van der Waals surface area contributed by atoms with E-state index >= 15 is 0 Å². The predicted molar refractivity (Wildman–Crippen MR) is 117 cm³/mol. The highest BCUT2D eigenvalue weighted by Gasteiger charge is 2.32. The number of rotatable bonds is 6. The van der Waals surface area contributed by atoms with Crippen LogP contribution in [0.5, 0.6) is 0 Å². The van der Waals surface area contributed by atoms with E-state index in [1.54, 1.807) is 18.2 Å². The number of ether oxygens (including phenoxy) is 1. The van der Waals surface area contributed by atoms with Crippen molar-refractivity contribution in [2.45, 2.75) is 65.1 Å². The van der Waals surface area contributed by atoms with Crippen LogP contribution < -0.4 is 0 Å². The maximum atomic E-state index is 13.4. The Labute approximate surface area is 183 Å². The Bertz CT molecular complexity index is 964. The number of carbonyl (C=O) groups excluding carboxylic acids is 2. The van der Waals surface area contributed by atoms with Crippen LogP contribution in [0.2, 0.25) is 0 Å². The van der Waals surface area contributed by atoms with Crippen LogP contribution in [0.3, 0.4) is 0 Å². The van der Waals surface area contributed by atoms with Gasteiger partial charge in [0.15, 0.2) is 5.78 Å². The molecule has 31 heavy (non-hydrogen) atoms. The van der Waals surface area contributed by atoms with Crippen molar-refractivity contribution in [3.63, 3.8) is 0 Å². The molecular formula is C25H31FN2O3. The number of Topliss-reactive ketones (excluding diaryl/α,β-unsaturated/α-hetero) is 1. The molecule has 0 aliphatic carbocycles. The van der Waals surface area contributed by atoms with Gasteiger partial charge in [0.2, 0.25) is 0 Å². The number of nitrogens with zero attached hydrogens (tertiary/aromatic N) is 2. The number of halogens is 1. The zero-order valence-electron chi connectivity index (χ0n) is 18.6. The molecule has 2 aliphatic rings. The molecule has 0 bridgehead atoms. The third-order valence-corrected chi connectivity index (χ3v) is 6.74. The smallest absolute Gasteiger partial charge is 0.256 e. The van der Waals surface area contributed by atoms with Crippen molar-refractivity contribution in [3.8, 4) is 0 Å². The van der Waals surface area contributed by atoms with Crippen molar-refractivity contribution >= 4 is 11.7 Å². The molecule has 0 saturated carbocycles. The van der Waals surface area contributed by atoms with Gasteiger partial charge in [-0.2, -0.15) is 0 Å². The molecule has 1 aromatic heterocycles. The summed E-state index contributed by atoms with van der Waals surface area (Å²) in [6, 6.07) is 8.41. The molecule has 0 spiro atoms. The zero-order chi connectivity index (χ0) is 22.1. The second-order valence-corrected chi connectivity index (χ2v) is 9.11. The lowest BCUT2D eigenvalue weighted by molar-refractivity contribution is 0.0698. The molecule has 2 aromatic rings. The second-order valence-electron chi connectivity index (χ2n) is 9.11. The largest absolute Gasteiger partial charge is 0.373 e. The molecule has 3 heterocycles. The molecule has 1 fully saturated rings. The standard InChI is InChI=1S/C25H31FN2O3/c1-16(2)20(18-6-8-19(26)9-7-18)14-24(29)22-13-21(23-15-31-12-11-28(22)23)25(30)27-10-4-5-17(27)3/h6-9,13,16-17,20H,4-5,10-12,14-15H2,1-3H3/t17-,20+/m0/s1. The monoisotopic (exact) mass is 426 g/mol. The minimum Gasteiger partial charge on any atom is -0.373 e. The summed E-state index contributed by atoms with van der Waals surface area (Å²) in [7, 11) is 0. The van der Waals surface area contributed by atoms with E-state index in [4.69, 9.17) is 4.74 Å². The number of hydrogen-bond donors (Lipinski definition) is 0. The maximum Gasteiger partial charge on any atom is 0.256 e. The summed E-state index contributed by atoms with van der Waals surface area (Å²) in [6.07, 6.45) is 2.35. The van der Waals surface area contributed by atoms with Gasteiger partial charge in [0.25, 0.3) is 5.91 Å². The average Bonchev–Trinajstić information content (AvgIpc) is 3.36. The normalized spacial score (nSPS) is 19.5. The van der Waals surface area contributed by atoms with Crippen LogP contribution in [0.25, 0.3) is 0 Å². The molecule has 4 rings (SSSR count). The van der Waals surface area contributed by atoms with Crippen molar-refractivity contribution in [1.29, 1.82) is 0 Å². The summed E-state index contributed by atoms with van der Waals surface area (Å²) in [5, 5.41) is 0. The zero-order valence-corrected chi connectivity index (χ0v) is 18.6. The van der Waals surface area contributed by atoms with Crippen molar-refractivity contribution in [3.05, 3.63) is 58.7 Å². The van der Waals surface area contributed by atoms with Crippen LogP contribution in [0, 0.1) is 11.7 Å². The molecule has 0 N–H and O–H groups in total.